The van der Waals surface area contributed by atoms with E-state index in [9.17, 15) is 9.59 Å². The summed E-state index contributed by atoms with van der Waals surface area (Å²) in [7, 11) is 1.67. The molecule has 1 aromatic heterocycles. The Kier molecular flexibility index (Phi) is 7.17. The molecule has 2 saturated heterocycles. The minimum absolute atomic E-state index is 0.0182. The Balaban J connectivity index is 1.22. The zero-order valence-electron chi connectivity index (χ0n) is 18.8. The second-order valence-corrected chi connectivity index (χ2v) is 9.07. The Labute approximate surface area is 199 Å². The molecular formula is C24H30N4O4S. The van der Waals surface area contributed by atoms with Crippen LogP contribution in [0.15, 0.2) is 47.1 Å². The van der Waals surface area contributed by atoms with Crippen LogP contribution in [0.1, 0.15) is 35.4 Å². The summed E-state index contributed by atoms with van der Waals surface area (Å²) in [5.41, 5.74) is 1.26. The first-order valence-electron chi connectivity index (χ1n) is 11.2. The van der Waals surface area contributed by atoms with E-state index in [1.807, 2.05) is 29.2 Å². The van der Waals surface area contributed by atoms with Crippen LogP contribution in [-0.4, -0.2) is 66.6 Å². The van der Waals surface area contributed by atoms with Crippen molar-refractivity contribution >= 4 is 29.1 Å². The van der Waals surface area contributed by atoms with E-state index in [0.29, 0.717) is 19.6 Å². The maximum absolute atomic E-state index is 12.5. The number of nitrogens with one attached hydrogen (secondary N) is 2. The molecule has 8 nitrogen and oxygen atoms in total. The minimum Gasteiger partial charge on any atom is -0.496 e. The number of carbonyl (C=O) groups excluding carboxylic acids is 2. The third-order valence-electron chi connectivity index (χ3n) is 6.67. The molecule has 3 heterocycles. The molecule has 0 aliphatic carbocycles. The zero-order valence-corrected chi connectivity index (χ0v) is 19.7. The monoisotopic (exact) mass is 470 g/mol. The van der Waals surface area contributed by atoms with E-state index in [0.717, 1.165) is 48.8 Å². The van der Waals surface area contributed by atoms with E-state index in [2.05, 4.69) is 15.5 Å². The van der Waals surface area contributed by atoms with Gasteiger partial charge in [0.25, 0.3) is 5.91 Å². The average Bonchev–Trinajstić information content (AvgIpc) is 3.52. The lowest BCUT2D eigenvalue weighted by molar-refractivity contribution is -0.132. The van der Waals surface area contributed by atoms with E-state index in [-0.39, 0.29) is 29.5 Å². The molecule has 2 amide bonds. The van der Waals surface area contributed by atoms with E-state index in [1.165, 1.54) is 6.26 Å². The number of nitrogens with zero attached hydrogens (tertiary/aromatic N) is 2. The van der Waals surface area contributed by atoms with Crippen molar-refractivity contribution in [2.45, 2.75) is 25.8 Å². The normalized spacial score (nSPS) is 17.1. The Bertz CT molecular complexity index is 986. The summed E-state index contributed by atoms with van der Waals surface area (Å²) in [6.07, 6.45) is 4.39. The number of hydrogen-bond donors (Lipinski definition) is 2. The summed E-state index contributed by atoms with van der Waals surface area (Å²) < 4.78 is 10.5. The molecule has 2 fully saturated rings. The number of likely N-dealkylation sites (tertiary alicyclic amines) is 2. The van der Waals surface area contributed by atoms with Crippen LogP contribution >= 0.6 is 12.2 Å². The average molecular weight is 471 g/mol. The van der Waals surface area contributed by atoms with Crippen molar-refractivity contribution in [2.75, 3.05) is 39.8 Å². The molecule has 1 spiro atoms. The number of benzene rings is 1. The van der Waals surface area contributed by atoms with Gasteiger partial charge < -0.3 is 29.6 Å². The standard InChI is InChI=1S/C24H30N4O4S/c1-31-19-6-3-2-5-18(19)15-26-23(33)28-13-10-24(17-28)8-11-27(12-9-24)21(29)16-25-22(30)20-7-4-14-32-20/h2-7,14H,8-13,15-17H2,1H3,(H,25,30)(H,26,33). The molecule has 2 N–H and O–H groups in total. The second-order valence-electron chi connectivity index (χ2n) is 8.68. The van der Waals surface area contributed by atoms with Crippen LogP contribution in [0.5, 0.6) is 5.75 Å². The van der Waals surface area contributed by atoms with Crippen molar-refractivity contribution in [2.24, 2.45) is 5.41 Å². The van der Waals surface area contributed by atoms with Gasteiger partial charge in [0.05, 0.1) is 19.9 Å². The van der Waals surface area contributed by atoms with Crippen molar-refractivity contribution in [1.82, 2.24) is 20.4 Å². The Morgan fingerprint density at radius 3 is 2.48 bits per heavy atom. The summed E-state index contributed by atoms with van der Waals surface area (Å²) in [6, 6.07) is 11.1. The number of piperidine rings is 1. The largest absolute Gasteiger partial charge is 0.496 e. The number of furan rings is 1. The van der Waals surface area contributed by atoms with Gasteiger partial charge in [-0.2, -0.15) is 0 Å². The molecule has 0 atom stereocenters. The van der Waals surface area contributed by atoms with Gasteiger partial charge in [0.1, 0.15) is 5.75 Å². The fraction of sp³-hybridized carbons (Fsp3) is 0.458. The Hall–Kier alpha value is -3.07. The number of carbonyl (C=O) groups is 2. The molecule has 9 heteroatoms. The highest BCUT2D eigenvalue weighted by atomic mass is 32.1. The molecular weight excluding hydrogens is 440 g/mol. The number of thiocarbonyl (C=S) groups is 1. The number of methoxy groups -OCH3 is 1. The maximum Gasteiger partial charge on any atom is 0.287 e. The van der Waals surface area contributed by atoms with Gasteiger partial charge in [-0.1, -0.05) is 18.2 Å². The van der Waals surface area contributed by atoms with Gasteiger partial charge in [0.15, 0.2) is 10.9 Å². The second kappa shape index (κ2) is 10.2. The maximum atomic E-state index is 12.5. The Morgan fingerprint density at radius 1 is 1.06 bits per heavy atom. The van der Waals surface area contributed by atoms with E-state index in [4.69, 9.17) is 21.4 Å². The molecule has 0 bridgehead atoms. The minimum atomic E-state index is -0.373. The molecule has 0 radical (unpaired) electrons. The molecule has 2 aliphatic rings. The number of amides is 2. The molecule has 0 unspecified atom stereocenters. The summed E-state index contributed by atoms with van der Waals surface area (Å²) in [6.45, 7) is 3.83. The number of para-hydroxylation sites is 1. The van der Waals surface area contributed by atoms with E-state index >= 15 is 0 Å². The third-order valence-corrected chi connectivity index (χ3v) is 7.07. The van der Waals surface area contributed by atoms with Gasteiger partial charge >= 0.3 is 0 Å². The first-order chi connectivity index (χ1) is 16.0. The number of ether oxygens (including phenoxy) is 1. The first-order valence-corrected chi connectivity index (χ1v) is 11.6. The fourth-order valence-electron chi connectivity index (χ4n) is 4.64. The van der Waals surface area contributed by atoms with Gasteiger partial charge in [-0.3, -0.25) is 9.59 Å². The van der Waals surface area contributed by atoms with Crippen molar-refractivity contribution in [3.8, 4) is 5.75 Å². The molecule has 2 aromatic rings. The summed E-state index contributed by atoms with van der Waals surface area (Å²) in [4.78, 5) is 28.6. The molecule has 1 aromatic carbocycles. The lowest BCUT2D eigenvalue weighted by Crippen LogP contribution is -2.48. The quantitative estimate of drug-likeness (QED) is 0.627. The van der Waals surface area contributed by atoms with E-state index < -0.39 is 0 Å². The van der Waals surface area contributed by atoms with Crippen molar-refractivity contribution < 1.29 is 18.7 Å². The SMILES string of the molecule is COc1ccccc1CNC(=S)N1CCC2(CCN(C(=O)CNC(=O)c3ccco3)CC2)C1. The van der Waals surface area contributed by atoms with Gasteiger partial charge in [-0.25, -0.2) is 0 Å². The lowest BCUT2D eigenvalue weighted by atomic mass is 9.78. The fourth-order valence-corrected chi connectivity index (χ4v) is 4.87. The van der Waals surface area contributed by atoms with Gasteiger partial charge in [-0.15, -0.1) is 0 Å². The number of hydrogen-bond acceptors (Lipinski definition) is 5. The summed E-state index contributed by atoms with van der Waals surface area (Å²) >= 11 is 5.66. The van der Waals surface area contributed by atoms with Crippen molar-refractivity contribution in [3.63, 3.8) is 0 Å². The highest BCUT2D eigenvalue weighted by Gasteiger charge is 2.42. The van der Waals surface area contributed by atoms with Gasteiger partial charge in [-0.05, 0) is 55.1 Å². The third kappa shape index (κ3) is 5.47. The molecule has 0 saturated carbocycles. The highest BCUT2D eigenvalue weighted by molar-refractivity contribution is 7.80. The van der Waals surface area contributed by atoms with Crippen LogP contribution in [0.4, 0.5) is 0 Å². The highest BCUT2D eigenvalue weighted by Crippen LogP contribution is 2.40. The van der Waals surface area contributed by atoms with Crippen LogP contribution in [0, 0.1) is 5.41 Å². The van der Waals surface area contributed by atoms with Gasteiger partial charge in [0, 0.05) is 38.3 Å². The first kappa shape index (κ1) is 23.1. The summed E-state index contributed by atoms with van der Waals surface area (Å²) in [5.74, 6) is 0.626. The van der Waals surface area contributed by atoms with Crippen molar-refractivity contribution in [1.29, 1.82) is 0 Å². The van der Waals surface area contributed by atoms with Crippen LogP contribution < -0.4 is 15.4 Å². The molecule has 33 heavy (non-hydrogen) atoms. The van der Waals surface area contributed by atoms with Crippen molar-refractivity contribution in [3.05, 3.63) is 54.0 Å². The van der Waals surface area contributed by atoms with Crippen LogP contribution in [0.2, 0.25) is 0 Å². The topological polar surface area (TPSA) is 87.0 Å². The van der Waals surface area contributed by atoms with E-state index in [1.54, 1.807) is 19.2 Å². The number of rotatable bonds is 6. The predicted octanol–water partition coefficient (Wildman–Crippen LogP) is 2.41. The Morgan fingerprint density at radius 2 is 1.79 bits per heavy atom. The molecule has 4 rings (SSSR count). The zero-order chi connectivity index (χ0) is 23.3. The predicted molar refractivity (Wildman–Crippen MR) is 128 cm³/mol. The lowest BCUT2D eigenvalue weighted by Gasteiger charge is -2.39. The van der Waals surface area contributed by atoms with Gasteiger partial charge in [0.2, 0.25) is 5.91 Å². The molecule has 176 valence electrons. The smallest absolute Gasteiger partial charge is 0.287 e. The van der Waals surface area contributed by atoms with Crippen LogP contribution in [0.25, 0.3) is 0 Å². The summed E-state index contributed by atoms with van der Waals surface area (Å²) in [5, 5.41) is 6.76. The van der Waals surface area contributed by atoms with Crippen LogP contribution in [-0.2, 0) is 11.3 Å². The molecule has 2 aliphatic heterocycles. The van der Waals surface area contributed by atoms with Crippen LogP contribution in [0.3, 0.4) is 0 Å².